The molecule has 1 heterocycles. The van der Waals surface area contributed by atoms with Crippen molar-refractivity contribution < 1.29 is 40.5 Å². The van der Waals surface area contributed by atoms with Gasteiger partial charge in [-0.3, -0.25) is 14.4 Å². The number of carboxylic acid groups (broad SMARTS) is 1. The first-order valence-corrected chi connectivity index (χ1v) is 7.87. The van der Waals surface area contributed by atoms with E-state index in [1.165, 1.54) is 0 Å². The molecule has 132 valence electrons. The molecule has 1 aromatic heterocycles. The minimum Gasteiger partial charge on any atom is -0.480 e. The number of hydrogen-bond donors (Lipinski definition) is 1. The largest absolute Gasteiger partial charge is 0.534 e. The van der Waals surface area contributed by atoms with Crippen molar-refractivity contribution in [3.8, 4) is 5.75 Å². The Hall–Kier alpha value is -2.37. The molecule has 0 aromatic carbocycles. The molecule has 24 heavy (non-hydrogen) atoms. The lowest BCUT2D eigenvalue weighted by molar-refractivity contribution is -0.137. The van der Waals surface area contributed by atoms with Crippen molar-refractivity contribution >= 4 is 21.9 Å². The minimum absolute atomic E-state index is 0.0207. The third kappa shape index (κ3) is 3.27. The molecule has 0 saturated carbocycles. The molecular formula is C12H10F3NO7S. The Morgan fingerprint density at radius 1 is 1.29 bits per heavy atom. The van der Waals surface area contributed by atoms with Crippen LogP contribution in [-0.2, 0) is 27.9 Å². The quantitative estimate of drug-likeness (QED) is 0.612. The van der Waals surface area contributed by atoms with Crippen LogP contribution in [-0.4, -0.2) is 35.4 Å². The van der Waals surface area contributed by atoms with E-state index in [2.05, 4.69) is 4.18 Å². The summed E-state index contributed by atoms with van der Waals surface area (Å²) in [6, 6.07) is 0.369. The SMILES string of the molecule is O=C(O)Cn1c2c(c(OS(=O)(=O)C(F)(F)F)cc1=O)C(=O)CCC2. The fraction of sp³-hybridized carbons (Fsp3) is 0.417. The zero-order valence-corrected chi connectivity index (χ0v) is 12.6. The number of fused-ring (bicyclic) bond motifs is 1. The first kappa shape index (κ1) is 18.0. The number of nitrogens with zero attached hydrogens (tertiary/aromatic N) is 1. The van der Waals surface area contributed by atoms with Crippen molar-refractivity contribution in [2.75, 3.05) is 0 Å². The minimum atomic E-state index is -6.08. The van der Waals surface area contributed by atoms with Crippen LogP contribution < -0.4 is 9.74 Å². The van der Waals surface area contributed by atoms with Gasteiger partial charge in [-0.1, -0.05) is 0 Å². The monoisotopic (exact) mass is 369 g/mol. The zero-order chi connectivity index (χ0) is 18.3. The fourth-order valence-electron chi connectivity index (χ4n) is 2.31. The standard InChI is InChI=1S/C12H10F3NO7S/c13-12(14,15)24(21,22)23-8-4-9(18)16(5-10(19)20)6-2-1-3-7(17)11(6)8/h4H,1-3,5H2,(H,19,20). The molecule has 1 aliphatic carbocycles. The van der Waals surface area contributed by atoms with Crippen LogP contribution in [0.5, 0.6) is 5.75 Å². The Balaban J connectivity index is 2.67. The molecule has 8 nitrogen and oxygen atoms in total. The second-order valence-electron chi connectivity index (χ2n) is 4.91. The molecule has 0 saturated heterocycles. The fourth-order valence-corrected chi connectivity index (χ4v) is 2.77. The molecule has 1 aliphatic rings. The Morgan fingerprint density at radius 3 is 2.46 bits per heavy atom. The van der Waals surface area contributed by atoms with E-state index in [0.29, 0.717) is 10.6 Å². The predicted molar refractivity (Wildman–Crippen MR) is 71.2 cm³/mol. The van der Waals surface area contributed by atoms with Crippen LogP contribution in [0.25, 0.3) is 0 Å². The summed E-state index contributed by atoms with van der Waals surface area (Å²) in [7, 11) is -6.08. The number of aliphatic carboxylic acids is 1. The molecule has 0 fully saturated rings. The first-order valence-electron chi connectivity index (χ1n) is 6.46. The summed E-state index contributed by atoms with van der Waals surface area (Å²) in [4.78, 5) is 34.7. The third-order valence-corrected chi connectivity index (χ3v) is 4.22. The third-order valence-electron chi connectivity index (χ3n) is 3.25. The van der Waals surface area contributed by atoms with E-state index >= 15 is 0 Å². The maximum atomic E-state index is 12.4. The van der Waals surface area contributed by atoms with E-state index in [4.69, 9.17) is 5.11 Å². The Labute approximate surface area is 132 Å². The topological polar surface area (TPSA) is 120 Å². The van der Waals surface area contributed by atoms with E-state index in [0.717, 1.165) is 0 Å². The van der Waals surface area contributed by atoms with Crippen LogP contribution in [0, 0.1) is 0 Å². The Morgan fingerprint density at radius 2 is 1.92 bits per heavy atom. The molecule has 0 unspecified atom stereocenters. The highest BCUT2D eigenvalue weighted by Crippen LogP contribution is 2.32. The molecule has 0 aliphatic heterocycles. The number of alkyl halides is 3. The van der Waals surface area contributed by atoms with Crippen LogP contribution in [0.2, 0.25) is 0 Å². The van der Waals surface area contributed by atoms with Gasteiger partial charge in [0.05, 0.1) is 5.56 Å². The van der Waals surface area contributed by atoms with Crippen LogP contribution in [0.15, 0.2) is 10.9 Å². The van der Waals surface area contributed by atoms with Crippen molar-refractivity contribution in [3.63, 3.8) is 0 Å². The molecule has 0 atom stereocenters. The van der Waals surface area contributed by atoms with Crippen molar-refractivity contribution in [1.29, 1.82) is 0 Å². The number of pyridine rings is 1. The number of carbonyl (C=O) groups is 2. The summed E-state index contributed by atoms with van der Waals surface area (Å²) in [5.41, 5.74) is -7.50. The maximum Gasteiger partial charge on any atom is 0.534 e. The van der Waals surface area contributed by atoms with Crippen LogP contribution in [0.4, 0.5) is 13.2 Å². The van der Waals surface area contributed by atoms with Gasteiger partial charge in [0, 0.05) is 18.2 Å². The lowest BCUT2D eigenvalue weighted by Gasteiger charge is -2.22. The molecule has 1 aromatic rings. The van der Waals surface area contributed by atoms with E-state index < -0.39 is 50.8 Å². The zero-order valence-electron chi connectivity index (χ0n) is 11.8. The molecule has 0 amide bonds. The normalized spacial score (nSPS) is 15.0. The highest BCUT2D eigenvalue weighted by molar-refractivity contribution is 7.88. The van der Waals surface area contributed by atoms with Gasteiger partial charge in [0.25, 0.3) is 5.56 Å². The van der Waals surface area contributed by atoms with Crippen LogP contribution in [0.3, 0.4) is 0 Å². The number of aromatic nitrogens is 1. The molecular weight excluding hydrogens is 359 g/mol. The van der Waals surface area contributed by atoms with E-state index in [9.17, 15) is 36.0 Å². The lowest BCUT2D eigenvalue weighted by atomic mass is 9.93. The predicted octanol–water partition coefficient (Wildman–Crippen LogP) is 0.680. The second-order valence-corrected chi connectivity index (χ2v) is 6.45. The summed E-state index contributed by atoms with van der Waals surface area (Å²) in [5, 5.41) is 8.80. The molecule has 0 radical (unpaired) electrons. The Kier molecular flexibility index (Phi) is 4.44. The maximum absolute atomic E-state index is 12.4. The number of carbonyl (C=O) groups excluding carboxylic acids is 1. The van der Waals surface area contributed by atoms with Crippen LogP contribution in [0.1, 0.15) is 28.9 Å². The smallest absolute Gasteiger partial charge is 0.480 e. The van der Waals surface area contributed by atoms with Gasteiger partial charge in [-0.2, -0.15) is 21.6 Å². The summed E-state index contributed by atoms with van der Waals surface area (Å²) < 4.78 is 64.2. The van der Waals surface area contributed by atoms with Crippen LogP contribution >= 0.6 is 0 Å². The van der Waals surface area contributed by atoms with Gasteiger partial charge in [0.2, 0.25) is 0 Å². The van der Waals surface area contributed by atoms with Gasteiger partial charge in [-0.15, -0.1) is 0 Å². The Bertz CT molecular complexity index is 870. The summed E-state index contributed by atoms with van der Waals surface area (Å²) >= 11 is 0. The van der Waals surface area contributed by atoms with Gasteiger partial charge in [-0.05, 0) is 12.8 Å². The van der Waals surface area contributed by atoms with Crippen molar-refractivity contribution in [2.24, 2.45) is 0 Å². The van der Waals surface area contributed by atoms with E-state index in [1.54, 1.807) is 0 Å². The summed E-state index contributed by atoms with van der Waals surface area (Å²) in [6.45, 7) is -0.819. The number of rotatable bonds is 4. The lowest BCUT2D eigenvalue weighted by Crippen LogP contribution is -2.33. The average molecular weight is 369 g/mol. The van der Waals surface area contributed by atoms with Gasteiger partial charge in [-0.25, -0.2) is 0 Å². The highest BCUT2D eigenvalue weighted by Gasteiger charge is 2.49. The van der Waals surface area contributed by atoms with E-state index in [1.807, 2.05) is 0 Å². The summed E-state index contributed by atoms with van der Waals surface area (Å²) in [6.07, 6.45) is 0.161. The van der Waals surface area contributed by atoms with Crippen molar-refractivity contribution in [2.45, 2.75) is 31.3 Å². The number of halogens is 3. The number of hydrogen-bond acceptors (Lipinski definition) is 6. The molecule has 1 N–H and O–H groups in total. The second kappa shape index (κ2) is 5.92. The average Bonchev–Trinajstić information content (AvgIpc) is 2.41. The number of ketones is 1. The number of carboxylic acids is 1. The molecule has 0 spiro atoms. The van der Waals surface area contributed by atoms with Gasteiger partial charge in [0.1, 0.15) is 6.54 Å². The number of Topliss-reactive ketones (excluding diaryl/α,β-unsaturated/α-hetero) is 1. The highest BCUT2D eigenvalue weighted by atomic mass is 32.2. The van der Waals surface area contributed by atoms with Crippen molar-refractivity contribution in [1.82, 2.24) is 4.57 Å². The molecule has 12 heteroatoms. The van der Waals surface area contributed by atoms with Crippen molar-refractivity contribution in [3.05, 3.63) is 27.7 Å². The summed E-state index contributed by atoms with van der Waals surface area (Å²) in [5.74, 6) is -3.18. The molecule has 0 bridgehead atoms. The van der Waals surface area contributed by atoms with E-state index in [-0.39, 0.29) is 25.0 Å². The van der Waals surface area contributed by atoms with Gasteiger partial charge >= 0.3 is 21.6 Å². The molecule has 2 rings (SSSR count). The van der Waals surface area contributed by atoms with Gasteiger partial charge in [0.15, 0.2) is 11.5 Å². The van der Waals surface area contributed by atoms with Gasteiger partial charge < -0.3 is 13.9 Å². The first-order chi connectivity index (χ1) is 10.9.